The van der Waals surface area contributed by atoms with Gasteiger partial charge < -0.3 is 35.6 Å². The molecule has 1 aromatic heterocycles. The molecule has 0 unspecified atom stereocenters. The largest absolute Gasteiger partial charge is 0.477 e. The Morgan fingerprint density at radius 2 is 2.12 bits per heavy atom. The average Bonchev–Trinajstić information content (AvgIpc) is 3.71. The number of ether oxygens (including phenoxy) is 1. The van der Waals surface area contributed by atoms with Gasteiger partial charge in [0.1, 0.15) is 18.6 Å². The molecule has 0 spiro atoms. The number of β-lactam (4-membered cyclic amide) rings is 1. The van der Waals surface area contributed by atoms with Crippen LogP contribution in [0.25, 0.3) is 0 Å². The monoisotopic (exact) mass is 575 g/mol. The Morgan fingerprint density at radius 1 is 1.30 bits per heavy atom. The topological polar surface area (TPSA) is 184 Å². The minimum absolute atomic E-state index is 0.0117. The van der Waals surface area contributed by atoms with Gasteiger partial charge in [-0.2, -0.15) is 0 Å². The molecule has 5 aliphatic rings. The van der Waals surface area contributed by atoms with Crippen molar-refractivity contribution in [2.45, 2.75) is 62.3 Å². The predicted molar refractivity (Wildman–Crippen MR) is 139 cm³/mol. The second kappa shape index (κ2) is 10.7. The number of carbonyl (C=O) groups excluding carboxylic acids is 3. The number of hydrogen-bond acceptors (Lipinski definition) is 11. The minimum atomic E-state index is -1.15. The number of hydrogen-bond donors (Lipinski definition) is 4. The van der Waals surface area contributed by atoms with Crippen molar-refractivity contribution in [3.8, 4) is 0 Å². The maximum atomic E-state index is 13.2. The zero-order chi connectivity index (χ0) is 28.1. The van der Waals surface area contributed by atoms with Crippen LogP contribution in [0.15, 0.2) is 16.9 Å². The van der Waals surface area contributed by atoms with Crippen LogP contribution in [0.2, 0.25) is 0 Å². The highest BCUT2D eigenvalue weighted by Crippen LogP contribution is 2.51. The van der Waals surface area contributed by atoms with E-state index in [0.29, 0.717) is 37.6 Å². The van der Waals surface area contributed by atoms with Crippen molar-refractivity contribution in [2.75, 3.05) is 32.8 Å². The quantitative estimate of drug-likeness (QED) is 0.242. The van der Waals surface area contributed by atoms with Gasteiger partial charge >= 0.3 is 5.97 Å². The highest BCUT2D eigenvalue weighted by molar-refractivity contribution is 8.03. The molecule has 3 amide bonds. The summed E-state index contributed by atoms with van der Waals surface area (Å²) in [5.74, 6) is -2.54. The first-order valence-corrected chi connectivity index (χ1v) is 14.5. The number of carboxylic acids is 1. The SMILES string of the molecule is C[C@@H](NC(=O)Cn1cnnn1)[C@H]1C(=O)N2C(C(=O)O)=C(S[C@@H]3CN[C@H](C(=O)N4C[C@@H]5NCCO[C@@H]5C4)C3)[C@H](C)[C@H]12. The molecule has 216 valence electrons. The summed E-state index contributed by atoms with van der Waals surface area (Å²) in [6.45, 7) is 6.78. The van der Waals surface area contributed by atoms with Crippen molar-refractivity contribution < 1.29 is 29.0 Å². The molecule has 4 N–H and O–H groups in total. The number of amides is 3. The van der Waals surface area contributed by atoms with Crippen molar-refractivity contribution >= 4 is 35.5 Å². The predicted octanol–water partition coefficient (Wildman–Crippen LogP) is -2.39. The van der Waals surface area contributed by atoms with E-state index in [2.05, 4.69) is 31.5 Å². The maximum absolute atomic E-state index is 13.2. The maximum Gasteiger partial charge on any atom is 0.353 e. The summed E-state index contributed by atoms with van der Waals surface area (Å²) in [4.78, 5) is 55.1. The molecule has 4 saturated heterocycles. The summed E-state index contributed by atoms with van der Waals surface area (Å²) >= 11 is 1.44. The molecule has 15 nitrogen and oxygen atoms in total. The van der Waals surface area contributed by atoms with Gasteiger partial charge in [0.2, 0.25) is 17.7 Å². The van der Waals surface area contributed by atoms with Crippen molar-refractivity contribution in [2.24, 2.45) is 11.8 Å². The molecular formula is C24H33N9O6S. The number of aliphatic carboxylic acids is 1. The second-order valence-corrected chi connectivity index (χ2v) is 12.4. The van der Waals surface area contributed by atoms with Crippen LogP contribution >= 0.6 is 11.8 Å². The zero-order valence-corrected chi connectivity index (χ0v) is 23.0. The van der Waals surface area contributed by atoms with Gasteiger partial charge in [-0.05, 0) is 23.8 Å². The van der Waals surface area contributed by atoms with Crippen LogP contribution in [0.3, 0.4) is 0 Å². The molecule has 4 fully saturated rings. The molecule has 6 heterocycles. The number of thioether (sulfide) groups is 1. The molecule has 0 saturated carbocycles. The molecule has 0 aromatic carbocycles. The van der Waals surface area contributed by atoms with Crippen molar-refractivity contribution in [3.63, 3.8) is 0 Å². The van der Waals surface area contributed by atoms with E-state index in [0.717, 1.165) is 6.54 Å². The summed E-state index contributed by atoms with van der Waals surface area (Å²) in [6, 6.07) is -1.05. The summed E-state index contributed by atoms with van der Waals surface area (Å²) in [6.07, 6.45) is 1.91. The molecule has 6 rings (SSSR count). The Kier molecular flexibility index (Phi) is 7.27. The van der Waals surface area contributed by atoms with Crippen LogP contribution in [-0.2, 0) is 30.5 Å². The van der Waals surface area contributed by atoms with E-state index < -0.39 is 17.9 Å². The fourth-order valence-corrected chi connectivity index (χ4v) is 8.12. The Hall–Kier alpha value is -3.08. The van der Waals surface area contributed by atoms with E-state index in [4.69, 9.17) is 4.74 Å². The highest BCUT2D eigenvalue weighted by atomic mass is 32.2. The number of fused-ring (bicyclic) bond motifs is 2. The van der Waals surface area contributed by atoms with Crippen LogP contribution in [0, 0.1) is 11.8 Å². The number of tetrazole rings is 1. The number of carbonyl (C=O) groups is 4. The molecule has 0 radical (unpaired) electrons. The van der Waals surface area contributed by atoms with Gasteiger partial charge in [-0.1, -0.05) is 6.92 Å². The summed E-state index contributed by atoms with van der Waals surface area (Å²) in [5, 5.41) is 30.3. The normalized spacial score (nSPS) is 34.0. The van der Waals surface area contributed by atoms with E-state index in [1.165, 1.54) is 27.7 Å². The highest BCUT2D eigenvalue weighted by Gasteiger charge is 2.60. The number of nitrogens with one attached hydrogen (secondary N) is 3. The van der Waals surface area contributed by atoms with E-state index in [1.54, 1.807) is 6.92 Å². The molecule has 1 aromatic rings. The third-order valence-corrected chi connectivity index (χ3v) is 10.0. The number of likely N-dealkylation sites (tertiary alicyclic amines) is 1. The van der Waals surface area contributed by atoms with Gasteiger partial charge in [0, 0.05) is 48.3 Å². The molecule has 40 heavy (non-hydrogen) atoms. The number of carboxylic acid groups (broad SMARTS) is 1. The van der Waals surface area contributed by atoms with Gasteiger partial charge in [0.05, 0.1) is 36.8 Å². The second-order valence-electron chi connectivity index (χ2n) is 11.0. The van der Waals surface area contributed by atoms with Crippen molar-refractivity contribution in [3.05, 3.63) is 16.9 Å². The molecule has 16 heteroatoms. The Morgan fingerprint density at radius 3 is 2.85 bits per heavy atom. The zero-order valence-electron chi connectivity index (χ0n) is 22.2. The molecule has 0 bridgehead atoms. The lowest BCUT2D eigenvalue weighted by atomic mass is 9.78. The number of morpholine rings is 1. The fourth-order valence-electron chi connectivity index (χ4n) is 6.64. The molecule has 8 atom stereocenters. The standard InChI is InChI=1S/C24H33N9O6S/c1-11-19-18(12(2)28-17(34)9-32-10-27-29-30-32)23(36)33(19)20(24(37)38)21(11)40-13-5-14(26-6-13)22(35)31-7-15-16(8-31)39-4-3-25-15/h10-16,18-19,25-26H,3-9H2,1-2H3,(H,28,34)(H,37,38)/t11-,12-,13+,14+,15+,16-,18-,19-/m1/s1. The van der Waals surface area contributed by atoms with Crippen LogP contribution in [0.1, 0.15) is 20.3 Å². The van der Waals surface area contributed by atoms with Gasteiger partial charge in [-0.3, -0.25) is 14.4 Å². The Bertz CT molecular complexity index is 1210. The summed E-state index contributed by atoms with van der Waals surface area (Å²) < 4.78 is 7.08. The Labute approximate surface area is 234 Å². The first kappa shape index (κ1) is 27.1. The van der Waals surface area contributed by atoms with Crippen LogP contribution in [0.5, 0.6) is 0 Å². The van der Waals surface area contributed by atoms with Crippen molar-refractivity contribution in [1.82, 2.24) is 46.0 Å². The Balaban J connectivity index is 1.08. The minimum Gasteiger partial charge on any atom is -0.477 e. The third kappa shape index (κ3) is 4.76. The van der Waals surface area contributed by atoms with Crippen LogP contribution in [-0.4, -0.2) is 127 Å². The molecule has 5 aliphatic heterocycles. The first-order chi connectivity index (χ1) is 19.2. The van der Waals surface area contributed by atoms with E-state index in [9.17, 15) is 24.3 Å². The van der Waals surface area contributed by atoms with Crippen LogP contribution in [0.4, 0.5) is 0 Å². The number of nitrogens with zero attached hydrogens (tertiary/aromatic N) is 6. The molecular weight excluding hydrogens is 542 g/mol. The van der Waals surface area contributed by atoms with Gasteiger partial charge in [-0.15, -0.1) is 16.9 Å². The van der Waals surface area contributed by atoms with E-state index >= 15 is 0 Å². The van der Waals surface area contributed by atoms with Crippen molar-refractivity contribution in [1.29, 1.82) is 0 Å². The molecule has 0 aliphatic carbocycles. The van der Waals surface area contributed by atoms with E-state index in [1.807, 2.05) is 11.8 Å². The summed E-state index contributed by atoms with van der Waals surface area (Å²) in [7, 11) is 0. The fraction of sp³-hybridized carbons (Fsp3) is 0.708. The van der Waals surface area contributed by atoms with E-state index in [-0.39, 0.29) is 65.4 Å². The lowest BCUT2D eigenvalue weighted by Crippen LogP contribution is -2.66. The smallest absolute Gasteiger partial charge is 0.353 e. The average molecular weight is 576 g/mol. The third-order valence-electron chi connectivity index (χ3n) is 8.52. The first-order valence-electron chi connectivity index (χ1n) is 13.6. The number of aromatic nitrogens is 4. The van der Waals surface area contributed by atoms with Gasteiger partial charge in [0.15, 0.2) is 0 Å². The lowest BCUT2D eigenvalue weighted by molar-refractivity contribution is -0.158. The lowest BCUT2D eigenvalue weighted by Gasteiger charge is -2.47. The summed E-state index contributed by atoms with van der Waals surface area (Å²) in [5.41, 5.74) is 0.0117. The number of rotatable bonds is 8. The van der Waals surface area contributed by atoms with Crippen LogP contribution < -0.4 is 16.0 Å². The van der Waals surface area contributed by atoms with Gasteiger partial charge in [0.25, 0.3) is 0 Å². The van der Waals surface area contributed by atoms with Gasteiger partial charge in [-0.25, -0.2) is 9.48 Å².